The number of likely N-dealkylation sites (tertiary alicyclic amines) is 2. The second kappa shape index (κ2) is 9.88. The molecule has 0 bridgehead atoms. The van der Waals surface area contributed by atoms with E-state index in [1.54, 1.807) is 0 Å². The largest absolute Gasteiger partial charge is 0.388 e. The molecule has 4 fully saturated rings. The van der Waals surface area contributed by atoms with Gasteiger partial charge in [-0.25, -0.2) is 0 Å². The molecule has 196 valence electrons. The summed E-state index contributed by atoms with van der Waals surface area (Å²) in [6.45, 7) is 8.25. The lowest BCUT2D eigenvalue weighted by Gasteiger charge is -2.32. The standard InChI is InChI=1S/C28H39N3O5/c1-28(2,3)14-21(27(35)31-15-22(32)25-24(31)23(33)16-36-25)29-26(34)19-6-4-17(5-7-19)18-10-12-30(13-11-18)20-8-9-20/h4-7,18,20-22,24-25,32H,8-16H2,1-3H3,(H,29,34)/t21?,22-,24+,25+/m0/s1. The molecule has 1 unspecified atom stereocenters. The second-order valence-electron chi connectivity index (χ2n) is 12.2. The van der Waals surface area contributed by atoms with Crippen LogP contribution in [0.1, 0.15) is 74.7 Å². The van der Waals surface area contributed by atoms with Gasteiger partial charge in [0, 0.05) is 11.6 Å². The van der Waals surface area contributed by atoms with Crippen LogP contribution in [0.5, 0.6) is 0 Å². The highest BCUT2D eigenvalue weighted by atomic mass is 16.5. The number of nitrogens with zero attached hydrogens (tertiary/aromatic N) is 2. The van der Waals surface area contributed by atoms with Crippen molar-refractivity contribution in [2.45, 2.75) is 89.1 Å². The van der Waals surface area contributed by atoms with Gasteiger partial charge in [0.2, 0.25) is 5.91 Å². The van der Waals surface area contributed by atoms with E-state index >= 15 is 0 Å². The molecule has 3 saturated heterocycles. The number of aliphatic hydroxyl groups is 1. The number of nitrogens with one attached hydrogen (secondary N) is 1. The van der Waals surface area contributed by atoms with Crippen LogP contribution in [0.25, 0.3) is 0 Å². The molecule has 2 amide bonds. The van der Waals surface area contributed by atoms with Crippen LogP contribution < -0.4 is 5.32 Å². The predicted octanol–water partition coefficient (Wildman–Crippen LogP) is 2.10. The van der Waals surface area contributed by atoms with Crippen LogP contribution in [0.4, 0.5) is 0 Å². The van der Waals surface area contributed by atoms with Crippen molar-refractivity contribution in [3.8, 4) is 0 Å². The van der Waals surface area contributed by atoms with Gasteiger partial charge in [-0.3, -0.25) is 14.4 Å². The van der Waals surface area contributed by atoms with Crippen LogP contribution in [0.2, 0.25) is 0 Å². The molecule has 8 nitrogen and oxygen atoms in total. The molecule has 0 radical (unpaired) electrons. The zero-order chi connectivity index (χ0) is 25.6. The number of carbonyl (C=O) groups is 3. The van der Waals surface area contributed by atoms with Crippen molar-refractivity contribution in [2.24, 2.45) is 5.41 Å². The van der Waals surface area contributed by atoms with Crippen molar-refractivity contribution in [3.05, 3.63) is 35.4 Å². The minimum atomic E-state index is -0.903. The van der Waals surface area contributed by atoms with Crippen LogP contribution in [0, 0.1) is 5.41 Å². The van der Waals surface area contributed by atoms with Gasteiger partial charge in [0.1, 0.15) is 30.9 Å². The van der Waals surface area contributed by atoms with Crippen LogP contribution in [0.3, 0.4) is 0 Å². The van der Waals surface area contributed by atoms with Crippen LogP contribution in [0.15, 0.2) is 24.3 Å². The molecule has 1 aromatic carbocycles. The molecule has 1 saturated carbocycles. The Balaban J connectivity index is 1.25. The number of ketones is 1. The van der Waals surface area contributed by atoms with Gasteiger partial charge in [0.05, 0.1) is 6.54 Å². The molecule has 4 aliphatic rings. The molecule has 3 aliphatic heterocycles. The molecule has 2 N–H and O–H groups in total. The molecule has 36 heavy (non-hydrogen) atoms. The molecule has 0 spiro atoms. The van der Waals surface area contributed by atoms with Gasteiger partial charge in [-0.05, 0) is 74.2 Å². The van der Waals surface area contributed by atoms with E-state index in [1.165, 1.54) is 23.3 Å². The minimum absolute atomic E-state index is 0.0324. The SMILES string of the molecule is CC(C)(C)CC(NC(=O)c1ccc(C2CCN(C3CC3)CC2)cc1)C(=O)N1C[C@H](O)[C@H]2OCC(=O)[C@H]21. The zero-order valence-corrected chi connectivity index (χ0v) is 21.6. The Bertz CT molecular complexity index is 991. The van der Waals surface area contributed by atoms with E-state index in [1.807, 2.05) is 45.0 Å². The van der Waals surface area contributed by atoms with Crippen LogP contribution >= 0.6 is 0 Å². The number of amides is 2. The highest BCUT2D eigenvalue weighted by Crippen LogP contribution is 2.35. The summed E-state index contributed by atoms with van der Waals surface area (Å²) in [7, 11) is 0. The number of piperidine rings is 1. The van der Waals surface area contributed by atoms with Crippen LogP contribution in [-0.4, -0.2) is 89.1 Å². The quantitative estimate of drug-likeness (QED) is 0.625. The van der Waals surface area contributed by atoms with Crippen molar-refractivity contribution in [3.63, 3.8) is 0 Å². The summed E-state index contributed by atoms with van der Waals surface area (Å²) in [6.07, 6.45) is 3.81. The third-order valence-electron chi connectivity index (χ3n) is 8.10. The maximum atomic E-state index is 13.6. The lowest BCUT2D eigenvalue weighted by Crippen LogP contribution is -2.53. The maximum absolute atomic E-state index is 13.6. The number of ether oxygens (including phenoxy) is 1. The van der Waals surface area contributed by atoms with E-state index in [0.29, 0.717) is 17.9 Å². The molecule has 4 atom stereocenters. The second-order valence-corrected chi connectivity index (χ2v) is 12.2. The highest BCUT2D eigenvalue weighted by molar-refractivity contribution is 5.99. The van der Waals surface area contributed by atoms with Gasteiger partial charge in [-0.2, -0.15) is 0 Å². The number of rotatable bonds is 6. The average Bonchev–Trinajstić information content (AvgIpc) is 3.55. The molecule has 1 aliphatic carbocycles. The zero-order valence-electron chi connectivity index (χ0n) is 21.6. The number of β-amino-alcohol motifs (C(OH)–C–C–N with tert-alkyl or cyclic N) is 1. The van der Waals surface area contributed by atoms with E-state index in [-0.39, 0.29) is 36.2 Å². The molecule has 8 heteroatoms. The normalized spacial score (nSPS) is 28.3. The summed E-state index contributed by atoms with van der Waals surface area (Å²) in [6, 6.07) is 7.02. The van der Waals surface area contributed by atoms with E-state index in [0.717, 1.165) is 32.0 Å². The fourth-order valence-electron chi connectivity index (χ4n) is 6.06. The number of aliphatic hydroxyl groups excluding tert-OH is 1. The molecular formula is C28H39N3O5. The summed E-state index contributed by atoms with van der Waals surface area (Å²) in [5, 5.41) is 13.3. The average molecular weight is 498 g/mol. The van der Waals surface area contributed by atoms with Crippen molar-refractivity contribution < 1.29 is 24.2 Å². The Kier molecular flexibility index (Phi) is 6.96. The first-order valence-corrected chi connectivity index (χ1v) is 13.4. The Hall–Kier alpha value is -2.29. The fourth-order valence-corrected chi connectivity index (χ4v) is 6.06. The van der Waals surface area contributed by atoms with E-state index in [4.69, 9.17) is 4.74 Å². The topological polar surface area (TPSA) is 99.2 Å². The smallest absolute Gasteiger partial charge is 0.251 e. The van der Waals surface area contributed by atoms with Crippen molar-refractivity contribution in [1.82, 2.24) is 15.1 Å². The fraction of sp³-hybridized carbons (Fsp3) is 0.679. The number of Topliss-reactive ketones (excluding diaryl/α,β-unsaturated/α-hetero) is 1. The number of carbonyl (C=O) groups excluding carboxylic acids is 3. The third kappa shape index (κ3) is 5.36. The van der Waals surface area contributed by atoms with E-state index < -0.39 is 24.3 Å². The summed E-state index contributed by atoms with van der Waals surface area (Å²) in [4.78, 5) is 43.1. The molecular weight excluding hydrogens is 458 g/mol. The predicted molar refractivity (Wildman–Crippen MR) is 135 cm³/mol. The first-order chi connectivity index (χ1) is 17.1. The summed E-state index contributed by atoms with van der Waals surface area (Å²) >= 11 is 0. The van der Waals surface area contributed by atoms with Crippen molar-refractivity contribution in [1.29, 1.82) is 0 Å². The molecule has 5 rings (SSSR count). The van der Waals surface area contributed by atoms with Gasteiger partial charge in [-0.15, -0.1) is 0 Å². The molecule has 3 heterocycles. The summed E-state index contributed by atoms with van der Waals surface area (Å²) in [5.41, 5.74) is 1.54. The lowest BCUT2D eigenvalue weighted by atomic mass is 9.87. The Morgan fingerprint density at radius 3 is 2.39 bits per heavy atom. The Morgan fingerprint density at radius 2 is 1.78 bits per heavy atom. The number of fused-ring (bicyclic) bond motifs is 1. The molecule has 1 aromatic rings. The Morgan fingerprint density at radius 1 is 1.11 bits per heavy atom. The highest BCUT2D eigenvalue weighted by Gasteiger charge is 2.53. The maximum Gasteiger partial charge on any atom is 0.251 e. The van der Waals surface area contributed by atoms with E-state index in [9.17, 15) is 19.5 Å². The minimum Gasteiger partial charge on any atom is -0.388 e. The lowest BCUT2D eigenvalue weighted by molar-refractivity contribution is -0.138. The van der Waals surface area contributed by atoms with Gasteiger partial charge >= 0.3 is 0 Å². The van der Waals surface area contributed by atoms with Crippen molar-refractivity contribution in [2.75, 3.05) is 26.2 Å². The molecule has 0 aromatic heterocycles. The first-order valence-electron chi connectivity index (χ1n) is 13.4. The van der Waals surface area contributed by atoms with Gasteiger partial charge < -0.3 is 25.0 Å². The van der Waals surface area contributed by atoms with Gasteiger partial charge in [0.25, 0.3) is 5.91 Å². The summed E-state index contributed by atoms with van der Waals surface area (Å²) < 4.78 is 5.41. The van der Waals surface area contributed by atoms with Crippen LogP contribution in [-0.2, 0) is 14.3 Å². The van der Waals surface area contributed by atoms with E-state index in [2.05, 4.69) is 10.2 Å². The van der Waals surface area contributed by atoms with Gasteiger partial charge in [-0.1, -0.05) is 32.9 Å². The first kappa shape index (κ1) is 25.4. The third-order valence-corrected chi connectivity index (χ3v) is 8.10. The Labute approximate surface area is 213 Å². The number of hydrogen-bond acceptors (Lipinski definition) is 6. The van der Waals surface area contributed by atoms with Gasteiger partial charge in [0.15, 0.2) is 5.78 Å². The number of hydrogen-bond donors (Lipinski definition) is 2. The number of benzene rings is 1. The summed E-state index contributed by atoms with van der Waals surface area (Å²) in [5.74, 6) is -0.335. The monoisotopic (exact) mass is 497 g/mol. The van der Waals surface area contributed by atoms with Crippen molar-refractivity contribution >= 4 is 17.6 Å².